The highest BCUT2D eigenvalue weighted by Crippen LogP contribution is 2.28. The summed E-state index contributed by atoms with van der Waals surface area (Å²) in [6.07, 6.45) is 0. The fraction of sp³-hybridized carbons (Fsp3) is 0.429. The summed E-state index contributed by atoms with van der Waals surface area (Å²) in [5, 5.41) is 9.17. The molecule has 1 aromatic carbocycles. The summed E-state index contributed by atoms with van der Waals surface area (Å²) in [7, 11) is 2.91. The van der Waals surface area contributed by atoms with E-state index in [2.05, 4.69) is 0 Å². The zero-order valence-electron chi connectivity index (χ0n) is 11.5. The second-order valence-electron chi connectivity index (χ2n) is 4.49. The average molecular weight is 266 g/mol. The molecule has 0 saturated heterocycles. The van der Waals surface area contributed by atoms with E-state index in [-0.39, 0.29) is 11.5 Å². The molecular formula is C14H18O5. The van der Waals surface area contributed by atoms with Gasteiger partial charge in [0.1, 0.15) is 17.4 Å². The molecule has 1 N–H and O–H groups in total. The molecule has 1 atom stereocenters. The second-order valence-corrected chi connectivity index (χ2v) is 4.49. The van der Waals surface area contributed by atoms with Crippen molar-refractivity contribution in [1.82, 2.24) is 0 Å². The van der Waals surface area contributed by atoms with E-state index < -0.39 is 17.7 Å². The van der Waals surface area contributed by atoms with Crippen molar-refractivity contribution in [3.8, 4) is 11.5 Å². The number of Topliss-reactive ketones (excluding diaryl/α,β-unsaturated/α-hetero) is 1. The van der Waals surface area contributed by atoms with E-state index in [9.17, 15) is 14.7 Å². The predicted octanol–water partition coefficient (Wildman–Crippen LogP) is 2.24. The van der Waals surface area contributed by atoms with Crippen LogP contribution >= 0.6 is 0 Å². The van der Waals surface area contributed by atoms with E-state index in [0.717, 1.165) is 0 Å². The third-order valence-corrected chi connectivity index (χ3v) is 2.89. The van der Waals surface area contributed by atoms with Crippen molar-refractivity contribution in [3.63, 3.8) is 0 Å². The number of rotatable bonds is 6. The number of ether oxygens (including phenoxy) is 2. The van der Waals surface area contributed by atoms with Crippen molar-refractivity contribution in [2.75, 3.05) is 14.2 Å². The van der Waals surface area contributed by atoms with Crippen LogP contribution in [0.15, 0.2) is 18.2 Å². The van der Waals surface area contributed by atoms with Gasteiger partial charge in [0, 0.05) is 0 Å². The summed E-state index contributed by atoms with van der Waals surface area (Å²) in [6, 6.07) is 4.74. The van der Waals surface area contributed by atoms with Gasteiger partial charge in [-0.15, -0.1) is 0 Å². The Kier molecular flexibility index (Phi) is 4.92. The molecule has 104 valence electrons. The Labute approximate surface area is 112 Å². The maximum absolute atomic E-state index is 12.4. The maximum Gasteiger partial charge on any atom is 0.314 e. The molecule has 0 bridgehead atoms. The fourth-order valence-electron chi connectivity index (χ4n) is 1.87. The molecule has 0 fully saturated rings. The van der Waals surface area contributed by atoms with E-state index in [0.29, 0.717) is 11.5 Å². The highest BCUT2D eigenvalue weighted by molar-refractivity contribution is 6.10. The molecule has 1 unspecified atom stereocenters. The van der Waals surface area contributed by atoms with Gasteiger partial charge in [0.25, 0.3) is 0 Å². The van der Waals surface area contributed by atoms with E-state index >= 15 is 0 Å². The second kappa shape index (κ2) is 6.22. The SMILES string of the molecule is COc1ccc(OC)c(C(=O)C(C(=O)O)C(C)C)c1. The lowest BCUT2D eigenvalue weighted by molar-refractivity contribution is -0.141. The third-order valence-electron chi connectivity index (χ3n) is 2.89. The molecule has 0 aliphatic rings. The first-order valence-corrected chi connectivity index (χ1v) is 5.91. The number of hydrogen-bond acceptors (Lipinski definition) is 4. The van der Waals surface area contributed by atoms with Crippen LogP contribution in [-0.4, -0.2) is 31.1 Å². The molecule has 0 spiro atoms. The maximum atomic E-state index is 12.4. The van der Waals surface area contributed by atoms with Gasteiger partial charge in [-0.05, 0) is 24.1 Å². The number of aliphatic carboxylic acids is 1. The monoisotopic (exact) mass is 266 g/mol. The fourth-order valence-corrected chi connectivity index (χ4v) is 1.87. The van der Waals surface area contributed by atoms with Crippen LogP contribution in [0.3, 0.4) is 0 Å². The summed E-state index contributed by atoms with van der Waals surface area (Å²) in [4.78, 5) is 23.6. The predicted molar refractivity (Wildman–Crippen MR) is 69.8 cm³/mol. The number of carboxylic acids is 1. The Morgan fingerprint density at radius 3 is 2.21 bits per heavy atom. The Morgan fingerprint density at radius 1 is 1.16 bits per heavy atom. The molecule has 1 rings (SSSR count). The summed E-state index contributed by atoms with van der Waals surface area (Å²) >= 11 is 0. The number of carbonyl (C=O) groups is 2. The van der Waals surface area contributed by atoms with Crippen LogP contribution in [0.2, 0.25) is 0 Å². The van der Waals surface area contributed by atoms with Crippen LogP contribution in [0.5, 0.6) is 11.5 Å². The van der Waals surface area contributed by atoms with Gasteiger partial charge in [-0.25, -0.2) is 0 Å². The van der Waals surface area contributed by atoms with Gasteiger partial charge in [-0.1, -0.05) is 13.8 Å². The van der Waals surface area contributed by atoms with Gasteiger partial charge >= 0.3 is 5.97 Å². The van der Waals surface area contributed by atoms with Crippen molar-refractivity contribution in [2.24, 2.45) is 11.8 Å². The van der Waals surface area contributed by atoms with Crippen LogP contribution in [0, 0.1) is 11.8 Å². The molecule has 0 aliphatic heterocycles. The Hall–Kier alpha value is -2.04. The first kappa shape index (κ1) is 15.0. The molecular weight excluding hydrogens is 248 g/mol. The number of methoxy groups -OCH3 is 2. The van der Waals surface area contributed by atoms with Crippen molar-refractivity contribution in [2.45, 2.75) is 13.8 Å². The van der Waals surface area contributed by atoms with Crippen molar-refractivity contribution >= 4 is 11.8 Å². The van der Waals surface area contributed by atoms with Crippen LogP contribution in [0.1, 0.15) is 24.2 Å². The van der Waals surface area contributed by atoms with Gasteiger partial charge < -0.3 is 14.6 Å². The summed E-state index contributed by atoms with van der Waals surface area (Å²) < 4.78 is 10.2. The van der Waals surface area contributed by atoms with E-state index in [1.54, 1.807) is 26.0 Å². The van der Waals surface area contributed by atoms with Crippen molar-refractivity contribution in [1.29, 1.82) is 0 Å². The minimum Gasteiger partial charge on any atom is -0.497 e. The Bertz CT molecular complexity index is 479. The first-order chi connectivity index (χ1) is 8.92. The lowest BCUT2D eigenvalue weighted by Crippen LogP contribution is -2.29. The molecule has 0 aromatic heterocycles. The van der Waals surface area contributed by atoms with Crippen LogP contribution < -0.4 is 9.47 Å². The quantitative estimate of drug-likeness (QED) is 0.631. The molecule has 0 radical (unpaired) electrons. The largest absolute Gasteiger partial charge is 0.497 e. The Balaban J connectivity index is 3.26. The smallest absolute Gasteiger partial charge is 0.314 e. The van der Waals surface area contributed by atoms with E-state index in [1.807, 2.05) is 0 Å². The minimum absolute atomic E-state index is 0.225. The van der Waals surface area contributed by atoms with Gasteiger partial charge in [-0.3, -0.25) is 9.59 Å². The first-order valence-electron chi connectivity index (χ1n) is 5.91. The Morgan fingerprint density at radius 2 is 1.79 bits per heavy atom. The van der Waals surface area contributed by atoms with Crippen molar-refractivity contribution in [3.05, 3.63) is 23.8 Å². The van der Waals surface area contributed by atoms with Crippen LogP contribution in [0.4, 0.5) is 0 Å². The number of hydrogen-bond donors (Lipinski definition) is 1. The summed E-state index contributed by atoms with van der Waals surface area (Å²) in [6.45, 7) is 3.40. The number of carbonyl (C=O) groups excluding carboxylic acids is 1. The highest BCUT2D eigenvalue weighted by atomic mass is 16.5. The highest BCUT2D eigenvalue weighted by Gasteiger charge is 2.32. The zero-order chi connectivity index (χ0) is 14.6. The number of benzene rings is 1. The molecule has 19 heavy (non-hydrogen) atoms. The van der Waals surface area contributed by atoms with E-state index in [1.165, 1.54) is 20.3 Å². The van der Waals surface area contributed by atoms with Crippen molar-refractivity contribution < 1.29 is 24.2 Å². The topological polar surface area (TPSA) is 72.8 Å². The molecule has 0 amide bonds. The lowest BCUT2D eigenvalue weighted by atomic mass is 9.87. The molecule has 0 heterocycles. The zero-order valence-corrected chi connectivity index (χ0v) is 11.5. The van der Waals surface area contributed by atoms with E-state index in [4.69, 9.17) is 9.47 Å². The van der Waals surface area contributed by atoms with Gasteiger partial charge in [0.2, 0.25) is 0 Å². The molecule has 5 nitrogen and oxygen atoms in total. The van der Waals surface area contributed by atoms with Gasteiger partial charge in [0.15, 0.2) is 5.78 Å². The number of carboxylic acid groups (broad SMARTS) is 1. The lowest BCUT2D eigenvalue weighted by Gasteiger charge is -2.17. The third kappa shape index (κ3) is 3.24. The molecule has 0 aliphatic carbocycles. The van der Waals surface area contributed by atoms with Crippen LogP contribution in [0.25, 0.3) is 0 Å². The standard InChI is InChI=1S/C14H18O5/c1-8(2)12(14(16)17)13(15)10-7-9(18-3)5-6-11(10)19-4/h5-8,12H,1-4H3,(H,16,17). The van der Waals surface area contributed by atoms with Gasteiger partial charge in [0.05, 0.1) is 19.8 Å². The number of ketones is 1. The summed E-state index contributed by atoms with van der Waals surface area (Å²) in [5.74, 6) is -2.18. The molecule has 5 heteroatoms. The minimum atomic E-state index is -1.13. The summed E-state index contributed by atoms with van der Waals surface area (Å²) in [5.41, 5.74) is 0.225. The van der Waals surface area contributed by atoms with Crippen LogP contribution in [-0.2, 0) is 4.79 Å². The average Bonchev–Trinajstić information content (AvgIpc) is 2.36. The molecule has 1 aromatic rings. The normalized spacial score (nSPS) is 12.1. The molecule has 0 saturated carbocycles. The van der Waals surface area contributed by atoms with Gasteiger partial charge in [-0.2, -0.15) is 0 Å².